The van der Waals surface area contributed by atoms with Crippen molar-refractivity contribution in [1.29, 1.82) is 0 Å². The van der Waals surface area contributed by atoms with Gasteiger partial charge in [-0.3, -0.25) is 14.9 Å². The van der Waals surface area contributed by atoms with Gasteiger partial charge in [0.2, 0.25) is 0 Å². The van der Waals surface area contributed by atoms with E-state index in [-0.39, 0.29) is 11.6 Å². The molecule has 0 saturated carbocycles. The van der Waals surface area contributed by atoms with Crippen molar-refractivity contribution in [2.24, 2.45) is 0 Å². The van der Waals surface area contributed by atoms with Crippen LogP contribution in [0.3, 0.4) is 0 Å². The van der Waals surface area contributed by atoms with Gasteiger partial charge >= 0.3 is 0 Å². The second kappa shape index (κ2) is 6.27. The number of anilines is 1. The topological polar surface area (TPSA) is 85.1 Å². The number of thiazole rings is 1. The van der Waals surface area contributed by atoms with Gasteiger partial charge in [0.05, 0.1) is 21.1 Å². The van der Waals surface area contributed by atoms with Gasteiger partial charge in [0.1, 0.15) is 10.7 Å². The van der Waals surface area contributed by atoms with Crippen molar-refractivity contribution in [3.63, 3.8) is 0 Å². The molecule has 0 aliphatic heterocycles. The van der Waals surface area contributed by atoms with Crippen molar-refractivity contribution >= 4 is 40.0 Å². The van der Waals surface area contributed by atoms with Crippen LogP contribution < -0.4 is 5.32 Å². The van der Waals surface area contributed by atoms with Gasteiger partial charge in [0, 0.05) is 11.4 Å². The molecule has 116 valence electrons. The first-order valence-electron chi connectivity index (χ1n) is 6.61. The van der Waals surface area contributed by atoms with Gasteiger partial charge in [0.15, 0.2) is 0 Å². The summed E-state index contributed by atoms with van der Waals surface area (Å²) in [6.07, 6.45) is 0. The minimum Gasteiger partial charge on any atom is -0.320 e. The number of nitrogens with zero attached hydrogens (tertiary/aromatic N) is 2. The molecule has 3 aromatic rings. The summed E-state index contributed by atoms with van der Waals surface area (Å²) in [5.74, 6) is -0.382. The lowest BCUT2D eigenvalue weighted by Gasteiger charge is -2.07. The quantitative estimate of drug-likeness (QED) is 0.563. The third kappa shape index (κ3) is 3.13. The molecule has 0 unspecified atom stereocenters. The second-order valence-electron chi connectivity index (χ2n) is 4.68. The Bertz CT molecular complexity index is 872. The van der Waals surface area contributed by atoms with Crippen LogP contribution in [0.1, 0.15) is 16.1 Å². The molecule has 2 heterocycles. The number of benzene rings is 1. The summed E-state index contributed by atoms with van der Waals surface area (Å²) >= 11 is 2.94. The van der Waals surface area contributed by atoms with Crippen LogP contribution in [-0.2, 0) is 0 Å². The third-order valence-corrected chi connectivity index (χ3v) is 5.10. The number of rotatable bonds is 4. The van der Waals surface area contributed by atoms with E-state index < -0.39 is 4.92 Å². The molecule has 2 aromatic heterocycles. The van der Waals surface area contributed by atoms with Crippen LogP contribution in [0.15, 0.2) is 41.1 Å². The van der Waals surface area contributed by atoms with E-state index in [9.17, 15) is 14.9 Å². The molecule has 0 atom stereocenters. The number of thiophene rings is 1. The number of nitrogens with one attached hydrogen (secondary N) is 1. The number of hydrogen-bond acceptors (Lipinski definition) is 6. The molecule has 8 heteroatoms. The SMILES string of the molecule is Cc1c(NC(=O)c2csc(-c3cccs3)n2)cccc1[N+](=O)[O-]. The molecule has 3 rings (SSSR count). The van der Waals surface area contributed by atoms with Crippen LogP contribution in [-0.4, -0.2) is 15.8 Å². The second-order valence-corrected chi connectivity index (χ2v) is 6.48. The maximum atomic E-state index is 12.3. The number of amides is 1. The minimum atomic E-state index is -0.470. The summed E-state index contributed by atoms with van der Waals surface area (Å²) in [5.41, 5.74) is 1.10. The Kier molecular flexibility index (Phi) is 4.18. The van der Waals surface area contributed by atoms with Gasteiger partial charge in [-0.25, -0.2) is 4.98 Å². The number of nitro groups is 1. The normalized spacial score (nSPS) is 10.5. The van der Waals surface area contributed by atoms with E-state index in [0.29, 0.717) is 16.9 Å². The van der Waals surface area contributed by atoms with E-state index in [1.807, 2.05) is 17.5 Å². The molecular formula is C15H11N3O3S2. The third-order valence-electron chi connectivity index (χ3n) is 3.22. The summed E-state index contributed by atoms with van der Waals surface area (Å²) in [6.45, 7) is 1.60. The highest BCUT2D eigenvalue weighted by Crippen LogP contribution is 2.29. The fourth-order valence-electron chi connectivity index (χ4n) is 2.03. The number of aromatic nitrogens is 1. The highest BCUT2D eigenvalue weighted by atomic mass is 32.1. The Hall–Kier alpha value is -2.58. The van der Waals surface area contributed by atoms with E-state index in [0.717, 1.165) is 9.88 Å². The first-order chi connectivity index (χ1) is 11.1. The molecule has 1 amide bonds. The fourth-order valence-corrected chi connectivity index (χ4v) is 3.65. The summed E-state index contributed by atoms with van der Waals surface area (Å²) in [5, 5.41) is 18.0. The van der Waals surface area contributed by atoms with E-state index in [4.69, 9.17) is 0 Å². The summed E-state index contributed by atoms with van der Waals surface area (Å²) < 4.78 is 0. The number of carbonyl (C=O) groups is 1. The molecule has 0 fully saturated rings. The lowest BCUT2D eigenvalue weighted by Crippen LogP contribution is -2.13. The van der Waals surface area contributed by atoms with Crippen LogP contribution in [0, 0.1) is 17.0 Å². The molecule has 0 aliphatic rings. The predicted molar refractivity (Wildman–Crippen MR) is 91.2 cm³/mol. The molecule has 0 radical (unpaired) electrons. The molecule has 0 aliphatic carbocycles. The molecule has 0 spiro atoms. The minimum absolute atomic E-state index is 0.0275. The van der Waals surface area contributed by atoms with Crippen molar-refractivity contribution in [2.45, 2.75) is 6.92 Å². The number of hydrogen-bond donors (Lipinski definition) is 1. The highest BCUT2D eigenvalue weighted by molar-refractivity contribution is 7.20. The highest BCUT2D eigenvalue weighted by Gasteiger charge is 2.17. The smallest absolute Gasteiger partial charge is 0.275 e. The number of nitro benzene ring substituents is 1. The molecule has 0 bridgehead atoms. The Morgan fingerprint density at radius 2 is 2.09 bits per heavy atom. The Morgan fingerprint density at radius 3 is 2.78 bits per heavy atom. The molecule has 1 aromatic carbocycles. The first-order valence-corrected chi connectivity index (χ1v) is 8.37. The summed E-state index contributed by atoms with van der Waals surface area (Å²) in [6, 6.07) is 8.44. The standard InChI is InChI=1S/C15H11N3O3S2/c1-9-10(4-2-5-12(9)18(20)21)16-14(19)11-8-23-15(17-11)13-6-3-7-22-13/h2-8H,1H3,(H,16,19). The van der Waals surface area contributed by atoms with Gasteiger partial charge in [-0.05, 0) is 24.4 Å². The first kappa shape index (κ1) is 15.3. The van der Waals surface area contributed by atoms with Gasteiger partial charge in [-0.2, -0.15) is 0 Å². The van der Waals surface area contributed by atoms with Crippen molar-refractivity contribution in [1.82, 2.24) is 4.98 Å². The average molecular weight is 345 g/mol. The van der Waals surface area contributed by atoms with Crippen LogP contribution >= 0.6 is 22.7 Å². The summed E-state index contributed by atoms with van der Waals surface area (Å²) in [4.78, 5) is 28.1. The number of carbonyl (C=O) groups excluding carboxylic acids is 1. The Morgan fingerprint density at radius 1 is 1.26 bits per heavy atom. The van der Waals surface area contributed by atoms with Gasteiger partial charge in [-0.15, -0.1) is 22.7 Å². The van der Waals surface area contributed by atoms with Crippen LogP contribution in [0.2, 0.25) is 0 Å². The molecule has 1 N–H and O–H groups in total. The molecule has 0 saturated heterocycles. The van der Waals surface area contributed by atoms with Gasteiger partial charge in [-0.1, -0.05) is 12.1 Å². The van der Waals surface area contributed by atoms with E-state index >= 15 is 0 Å². The van der Waals surface area contributed by atoms with Crippen LogP contribution in [0.25, 0.3) is 9.88 Å². The fraction of sp³-hybridized carbons (Fsp3) is 0.0667. The van der Waals surface area contributed by atoms with Crippen molar-refractivity contribution in [2.75, 3.05) is 5.32 Å². The van der Waals surface area contributed by atoms with Crippen molar-refractivity contribution < 1.29 is 9.72 Å². The Labute approximate surface area is 139 Å². The Balaban J connectivity index is 1.83. The monoisotopic (exact) mass is 345 g/mol. The molecular weight excluding hydrogens is 334 g/mol. The van der Waals surface area contributed by atoms with Gasteiger partial charge in [0.25, 0.3) is 11.6 Å². The predicted octanol–water partition coefficient (Wildman–Crippen LogP) is 4.34. The van der Waals surface area contributed by atoms with Crippen molar-refractivity contribution in [3.8, 4) is 9.88 Å². The lowest BCUT2D eigenvalue weighted by molar-refractivity contribution is -0.385. The largest absolute Gasteiger partial charge is 0.320 e. The van der Waals surface area contributed by atoms with E-state index in [1.54, 1.807) is 35.8 Å². The lowest BCUT2D eigenvalue weighted by atomic mass is 10.1. The molecule has 6 nitrogen and oxygen atoms in total. The summed E-state index contributed by atoms with van der Waals surface area (Å²) in [7, 11) is 0. The van der Waals surface area contributed by atoms with Crippen molar-refractivity contribution in [3.05, 3.63) is 62.5 Å². The maximum Gasteiger partial charge on any atom is 0.275 e. The molecule has 23 heavy (non-hydrogen) atoms. The van der Waals surface area contributed by atoms with Gasteiger partial charge < -0.3 is 5.32 Å². The zero-order valence-corrected chi connectivity index (χ0v) is 13.6. The van der Waals surface area contributed by atoms with E-state index in [2.05, 4.69) is 10.3 Å². The zero-order valence-electron chi connectivity index (χ0n) is 12.0. The van der Waals surface area contributed by atoms with Crippen LogP contribution in [0.4, 0.5) is 11.4 Å². The van der Waals surface area contributed by atoms with Crippen LogP contribution in [0.5, 0.6) is 0 Å². The average Bonchev–Trinajstić information content (AvgIpc) is 3.19. The van der Waals surface area contributed by atoms with E-state index in [1.165, 1.54) is 17.4 Å². The maximum absolute atomic E-state index is 12.3. The zero-order chi connectivity index (χ0) is 16.4.